The molecule has 0 fully saturated rings. The largest absolute Gasteiger partial charge is 0.239 e. The molecule has 0 saturated carbocycles. The number of thiophene rings is 1. The molecular weight excluding hydrogens is 168 g/mol. The Morgan fingerprint density at radius 1 is 1.25 bits per heavy atom. The van der Waals surface area contributed by atoms with E-state index in [0.717, 1.165) is 4.83 Å². The number of aromatic nitrogens is 2. The molecule has 3 aromatic heterocycles. The molecule has 0 radical (unpaired) electrons. The molecule has 3 heteroatoms. The average Bonchev–Trinajstić information content (AvgIpc) is 2.62. The normalized spacial score (nSPS) is 11.3. The van der Waals surface area contributed by atoms with E-state index in [0.29, 0.717) is 0 Å². The summed E-state index contributed by atoms with van der Waals surface area (Å²) in [5.74, 6) is 0. The maximum Gasteiger partial charge on any atom is 0.146 e. The first-order chi connectivity index (χ1) is 5.95. The van der Waals surface area contributed by atoms with Gasteiger partial charge in [0.05, 0.1) is 5.52 Å². The van der Waals surface area contributed by atoms with Gasteiger partial charge in [0.1, 0.15) is 4.83 Å². The van der Waals surface area contributed by atoms with Gasteiger partial charge in [-0.2, -0.15) is 5.10 Å². The number of nitrogens with zero attached hydrogens (tertiary/aromatic N) is 2. The Hall–Kier alpha value is -1.35. The summed E-state index contributed by atoms with van der Waals surface area (Å²) in [5, 5.41) is 7.74. The molecule has 58 valence electrons. The molecule has 3 aromatic rings. The molecule has 0 N–H and O–H groups in total. The number of hydrogen-bond acceptors (Lipinski definition) is 2. The van der Waals surface area contributed by atoms with Gasteiger partial charge in [0.15, 0.2) is 0 Å². The molecule has 2 nitrogen and oxygen atoms in total. The van der Waals surface area contributed by atoms with Gasteiger partial charge in [-0.15, -0.1) is 11.3 Å². The highest BCUT2D eigenvalue weighted by molar-refractivity contribution is 7.16. The zero-order chi connectivity index (χ0) is 7.97. The van der Waals surface area contributed by atoms with Gasteiger partial charge >= 0.3 is 0 Å². The highest BCUT2D eigenvalue weighted by atomic mass is 32.1. The lowest BCUT2D eigenvalue weighted by Crippen LogP contribution is -1.82. The van der Waals surface area contributed by atoms with E-state index in [1.165, 1.54) is 10.9 Å². The minimum absolute atomic E-state index is 1.11. The van der Waals surface area contributed by atoms with Gasteiger partial charge in [-0.05, 0) is 23.6 Å². The van der Waals surface area contributed by atoms with E-state index in [2.05, 4.69) is 22.6 Å². The summed E-state index contributed by atoms with van der Waals surface area (Å²) in [6.07, 6.45) is 1.97. The standard InChI is InChI=1S/C9H6N2S/c1-2-5-11-8(3-1)7-4-6-12-9(7)10-11/h1-6H. The number of fused-ring (bicyclic) bond motifs is 3. The van der Waals surface area contributed by atoms with Crippen molar-refractivity contribution >= 4 is 27.1 Å². The summed E-state index contributed by atoms with van der Waals surface area (Å²) < 4.78 is 1.92. The predicted octanol–water partition coefficient (Wildman–Crippen LogP) is 2.55. The zero-order valence-electron chi connectivity index (χ0n) is 6.27. The van der Waals surface area contributed by atoms with E-state index >= 15 is 0 Å². The first-order valence-corrected chi connectivity index (χ1v) is 4.64. The summed E-state index contributed by atoms with van der Waals surface area (Å²) in [6.45, 7) is 0. The van der Waals surface area contributed by atoms with Crippen LogP contribution in [-0.2, 0) is 0 Å². The lowest BCUT2D eigenvalue weighted by Gasteiger charge is -1.88. The summed E-state index contributed by atoms with van der Waals surface area (Å²) in [7, 11) is 0. The van der Waals surface area contributed by atoms with Crippen molar-refractivity contribution in [2.24, 2.45) is 0 Å². The van der Waals surface area contributed by atoms with Gasteiger partial charge in [0.25, 0.3) is 0 Å². The molecule has 3 rings (SSSR count). The molecule has 0 amide bonds. The average molecular weight is 174 g/mol. The first-order valence-electron chi connectivity index (χ1n) is 3.76. The highest BCUT2D eigenvalue weighted by Gasteiger charge is 2.02. The Balaban J connectivity index is 2.68. The van der Waals surface area contributed by atoms with Crippen molar-refractivity contribution in [3.63, 3.8) is 0 Å². The van der Waals surface area contributed by atoms with Crippen molar-refractivity contribution < 1.29 is 0 Å². The van der Waals surface area contributed by atoms with Crippen LogP contribution in [0.2, 0.25) is 0 Å². The van der Waals surface area contributed by atoms with Crippen LogP contribution in [0, 0.1) is 0 Å². The second-order valence-electron chi connectivity index (χ2n) is 2.67. The molecule has 0 atom stereocenters. The van der Waals surface area contributed by atoms with E-state index in [-0.39, 0.29) is 0 Å². The van der Waals surface area contributed by atoms with Gasteiger partial charge in [-0.1, -0.05) is 6.07 Å². The number of hydrogen-bond donors (Lipinski definition) is 0. The molecule has 0 aliphatic carbocycles. The van der Waals surface area contributed by atoms with Crippen LogP contribution in [0.4, 0.5) is 0 Å². The number of pyridine rings is 1. The van der Waals surface area contributed by atoms with E-state index in [1.807, 2.05) is 22.8 Å². The Bertz CT molecular complexity index is 534. The summed E-state index contributed by atoms with van der Waals surface area (Å²) in [5.41, 5.74) is 1.19. The summed E-state index contributed by atoms with van der Waals surface area (Å²) in [4.78, 5) is 1.11. The van der Waals surface area contributed by atoms with Crippen molar-refractivity contribution in [3.8, 4) is 0 Å². The van der Waals surface area contributed by atoms with Crippen LogP contribution in [-0.4, -0.2) is 9.61 Å². The smallest absolute Gasteiger partial charge is 0.146 e. The van der Waals surface area contributed by atoms with Crippen LogP contribution >= 0.6 is 11.3 Å². The van der Waals surface area contributed by atoms with E-state index < -0.39 is 0 Å². The fraction of sp³-hybridized carbons (Fsp3) is 0. The molecule has 0 aliphatic rings. The molecular formula is C9H6N2S. The number of rotatable bonds is 0. The van der Waals surface area contributed by atoms with Crippen LogP contribution in [0.25, 0.3) is 15.7 Å². The fourth-order valence-corrected chi connectivity index (χ4v) is 2.17. The maximum atomic E-state index is 4.41. The molecule has 0 spiro atoms. The summed E-state index contributed by atoms with van der Waals surface area (Å²) >= 11 is 1.68. The predicted molar refractivity (Wildman–Crippen MR) is 50.6 cm³/mol. The van der Waals surface area contributed by atoms with Gasteiger partial charge < -0.3 is 0 Å². The maximum absolute atomic E-state index is 4.41. The second kappa shape index (κ2) is 2.08. The SMILES string of the molecule is c1ccn2nc3sccc3c2c1. The van der Waals surface area contributed by atoms with Crippen LogP contribution in [0.3, 0.4) is 0 Å². The molecule has 0 bridgehead atoms. The van der Waals surface area contributed by atoms with Gasteiger partial charge in [-0.25, -0.2) is 4.52 Å². The minimum atomic E-state index is 1.11. The molecule has 0 aliphatic heterocycles. The van der Waals surface area contributed by atoms with Crippen molar-refractivity contribution in [3.05, 3.63) is 35.8 Å². The third-order valence-electron chi connectivity index (χ3n) is 1.96. The van der Waals surface area contributed by atoms with E-state index in [4.69, 9.17) is 0 Å². The third kappa shape index (κ3) is 0.662. The minimum Gasteiger partial charge on any atom is -0.239 e. The van der Waals surface area contributed by atoms with Crippen molar-refractivity contribution in [2.75, 3.05) is 0 Å². The Morgan fingerprint density at radius 2 is 2.25 bits per heavy atom. The first kappa shape index (κ1) is 6.20. The quantitative estimate of drug-likeness (QED) is 0.512. The molecule has 0 unspecified atom stereocenters. The molecule has 12 heavy (non-hydrogen) atoms. The highest BCUT2D eigenvalue weighted by Crippen LogP contribution is 2.23. The lowest BCUT2D eigenvalue weighted by molar-refractivity contribution is 0.986. The molecule has 0 saturated heterocycles. The lowest BCUT2D eigenvalue weighted by atomic mass is 10.3. The fourth-order valence-electron chi connectivity index (χ4n) is 1.41. The van der Waals surface area contributed by atoms with Crippen LogP contribution < -0.4 is 0 Å². The van der Waals surface area contributed by atoms with Crippen molar-refractivity contribution in [1.82, 2.24) is 9.61 Å². The second-order valence-corrected chi connectivity index (χ2v) is 3.56. The Morgan fingerprint density at radius 3 is 3.25 bits per heavy atom. The van der Waals surface area contributed by atoms with Crippen LogP contribution in [0.5, 0.6) is 0 Å². The Kier molecular flexibility index (Phi) is 1.07. The summed E-state index contributed by atoms with van der Waals surface area (Å²) in [6, 6.07) is 8.22. The van der Waals surface area contributed by atoms with Gasteiger partial charge in [-0.3, -0.25) is 0 Å². The van der Waals surface area contributed by atoms with Crippen molar-refractivity contribution in [1.29, 1.82) is 0 Å². The Labute approximate surface area is 73.1 Å². The van der Waals surface area contributed by atoms with Crippen LogP contribution in [0.15, 0.2) is 35.8 Å². The third-order valence-corrected chi connectivity index (χ3v) is 2.76. The van der Waals surface area contributed by atoms with Gasteiger partial charge in [0.2, 0.25) is 0 Å². The topological polar surface area (TPSA) is 17.3 Å². The molecule has 3 heterocycles. The van der Waals surface area contributed by atoms with E-state index in [1.54, 1.807) is 11.3 Å². The zero-order valence-corrected chi connectivity index (χ0v) is 7.08. The molecule has 0 aromatic carbocycles. The van der Waals surface area contributed by atoms with Gasteiger partial charge in [0, 0.05) is 11.6 Å². The van der Waals surface area contributed by atoms with Crippen LogP contribution in [0.1, 0.15) is 0 Å². The van der Waals surface area contributed by atoms with E-state index in [9.17, 15) is 0 Å². The monoisotopic (exact) mass is 174 g/mol. The van der Waals surface area contributed by atoms with Crippen molar-refractivity contribution in [2.45, 2.75) is 0 Å².